The van der Waals surface area contributed by atoms with Crippen molar-refractivity contribution in [3.05, 3.63) is 20.2 Å². The van der Waals surface area contributed by atoms with Crippen molar-refractivity contribution in [2.24, 2.45) is 0 Å². The Morgan fingerprint density at radius 1 is 0.867 bits per heavy atom. The molecule has 0 fully saturated rings. The van der Waals surface area contributed by atoms with Crippen molar-refractivity contribution >= 4 is 7.82 Å². The molecule has 0 atom stereocenters. The lowest BCUT2D eigenvalue weighted by Crippen LogP contribution is -1.81. The molecule has 0 aromatic carbocycles. The van der Waals surface area contributed by atoms with Crippen LogP contribution in [0, 0.1) is 20.2 Å². The molecule has 0 aromatic rings. The lowest BCUT2D eigenvalue weighted by Gasteiger charge is -1.82. The quantitative estimate of drug-likeness (QED) is 0.151. The zero-order valence-electron chi connectivity index (χ0n) is 7.03. The molecule has 0 amide bonds. The molecule has 0 unspecified atom stereocenters. The van der Waals surface area contributed by atoms with Gasteiger partial charge < -0.3 is 37.4 Å². The van der Waals surface area contributed by atoms with E-state index in [0.717, 1.165) is 0 Å². The first kappa shape index (κ1) is 29.2. The summed E-state index contributed by atoms with van der Waals surface area (Å²) in [5, 5.41) is 27.3. The second-order valence-electron chi connectivity index (χ2n) is 0.989. The van der Waals surface area contributed by atoms with Crippen LogP contribution < -0.4 is 12.3 Å². The summed E-state index contributed by atoms with van der Waals surface area (Å²) < 4.78 is 8.88. The third-order valence-electron chi connectivity index (χ3n) is 0. The van der Waals surface area contributed by atoms with E-state index in [2.05, 4.69) is 0 Å². The Labute approximate surface area is 81.4 Å². The molecule has 0 saturated heterocycles. The van der Waals surface area contributed by atoms with Gasteiger partial charge in [0, 0.05) is 0 Å². The van der Waals surface area contributed by atoms with E-state index < -0.39 is 18.0 Å². The summed E-state index contributed by atoms with van der Waals surface area (Å²) in [6.45, 7) is 0. The average molecular weight is 258 g/mol. The first-order valence-corrected chi connectivity index (χ1v) is 3.48. The molecule has 0 aliphatic rings. The number of nitrogens with zero attached hydrogens (tertiary/aromatic N) is 2. The van der Waals surface area contributed by atoms with Crippen LogP contribution in [0.4, 0.5) is 0 Å². The highest BCUT2D eigenvalue weighted by Gasteiger charge is 2.00. The molecule has 11 N–H and O–H groups in total. The number of hydrogen-bond donors (Lipinski definition) is 7. The van der Waals surface area contributed by atoms with Gasteiger partial charge in [-0.3, -0.25) is 0 Å². The maximum atomic E-state index is 8.88. The van der Waals surface area contributed by atoms with E-state index in [1.54, 1.807) is 0 Å². The fraction of sp³-hybridized carbons (Fsp3) is 0. The largest absolute Gasteiger partial charge is 0.466 e. The van der Waals surface area contributed by atoms with Crippen molar-refractivity contribution in [3.63, 3.8) is 0 Å². The van der Waals surface area contributed by atoms with Crippen LogP contribution in [-0.2, 0) is 4.57 Å². The molecule has 14 nitrogen and oxygen atoms in total. The monoisotopic (exact) mass is 258 g/mol. The molecule has 0 heterocycles. The number of rotatable bonds is 0. The van der Waals surface area contributed by atoms with E-state index >= 15 is 0 Å². The van der Waals surface area contributed by atoms with Gasteiger partial charge >= 0.3 is 7.82 Å². The topological polar surface area (TPSA) is 274 Å². The molecule has 0 aliphatic heterocycles. The van der Waals surface area contributed by atoms with Gasteiger partial charge in [-0.1, -0.05) is 0 Å². The lowest BCUT2D eigenvalue weighted by atomic mass is 13.1. The summed E-state index contributed by atoms with van der Waals surface area (Å²) in [7, 11) is -4.64. The summed E-state index contributed by atoms with van der Waals surface area (Å²) in [5.41, 5.74) is 0. The van der Waals surface area contributed by atoms with Crippen LogP contribution in [0.3, 0.4) is 0 Å². The van der Waals surface area contributed by atoms with Crippen molar-refractivity contribution in [2.75, 3.05) is 0 Å². The Morgan fingerprint density at radius 2 is 0.867 bits per heavy atom. The molecule has 0 rings (SSSR count). The van der Waals surface area contributed by atoms with E-state index in [1.165, 1.54) is 0 Å². The van der Waals surface area contributed by atoms with Crippen LogP contribution >= 0.6 is 7.82 Å². The fourth-order valence-corrected chi connectivity index (χ4v) is 0. The molecule has 0 saturated carbocycles. The highest BCUT2D eigenvalue weighted by molar-refractivity contribution is 7.45. The van der Waals surface area contributed by atoms with E-state index in [1.807, 2.05) is 0 Å². The Bertz CT molecular complexity index is 165. The highest BCUT2D eigenvalue weighted by atomic mass is 31.2. The third kappa shape index (κ3) is 549. The Balaban J connectivity index is -0.0000000315. The molecular formula is H11N4O10P. The molecule has 0 spiro atoms. The SMILES string of the molecule is N.N.O=P(O)(O)O.O=[N+]([O-])O.O=[N+]([O-])O. The van der Waals surface area contributed by atoms with Crippen LogP contribution in [0.1, 0.15) is 0 Å². The molecular weight excluding hydrogens is 247 g/mol. The maximum absolute atomic E-state index is 8.88. The first-order chi connectivity index (χ1) is 5.46. The molecule has 0 radical (unpaired) electrons. The number of phosphoric acid groups is 1. The van der Waals surface area contributed by atoms with Crippen molar-refractivity contribution in [2.45, 2.75) is 0 Å². The van der Waals surface area contributed by atoms with E-state index in [9.17, 15) is 0 Å². The van der Waals surface area contributed by atoms with Crippen LogP contribution in [-0.4, -0.2) is 35.3 Å². The van der Waals surface area contributed by atoms with Gasteiger partial charge in [0.2, 0.25) is 0 Å². The lowest BCUT2D eigenvalue weighted by molar-refractivity contribution is -0.742. The molecule has 0 bridgehead atoms. The van der Waals surface area contributed by atoms with Crippen molar-refractivity contribution in [1.82, 2.24) is 12.3 Å². The first-order valence-electron chi connectivity index (χ1n) is 1.91. The molecule has 0 aromatic heterocycles. The van der Waals surface area contributed by atoms with Crippen LogP contribution in [0.5, 0.6) is 0 Å². The van der Waals surface area contributed by atoms with Gasteiger partial charge in [0.25, 0.3) is 10.2 Å². The van der Waals surface area contributed by atoms with Crippen LogP contribution in [0.25, 0.3) is 0 Å². The van der Waals surface area contributed by atoms with Gasteiger partial charge in [-0.2, -0.15) is 0 Å². The summed E-state index contributed by atoms with van der Waals surface area (Å²) in [6.07, 6.45) is 0. The van der Waals surface area contributed by atoms with E-state index in [-0.39, 0.29) is 12.3 Å². The van der Waals surface area contributed by atoms with Crippen LogP contribution in [0.2, 0.25) is 0 Å². The average Bonchev–Trinajstić information content (AvgIpc) is 1.50. The molecule has 96 valence electrons. The molecule has 0 aliphatic carbocycles. The fourth-order valence-electron chi connectivity index (χ4n) is 0. The summed E-state index contributed by atoms with van der Waals surface area (Å²) in [5.74, 6) is 0. The van der Waals surface area contributed by atoms with Gasteiger partial charge in [-0.05, 0) is 0 Å². The summed E-state index contributed by atoms with van der Waals surface area (Å²) >= 11 is 0. The van der Waals surface area contributed by atoms with Gasteiger partial charge in [-0.25, -0.2) is 4.57 Å². The van der Waals surface area contributed by atoms with Gasteiger partial charge in [-0.15, -0.1) is 20.2 Å². The zero-order chi connectivity index (χ0) is 11.7. The summed E-state index contributed by atoms with van der Waals surface area (Å²) in [4.78, 5) is 38.3. The van der Waals surface area contributed by atoms with Gasteiger partial charge in [0.15, 0.2) is 0 Å². The smallest absolute Gasteiger partial charge is 0.344 e. The van der Waals surface area contributed by atoms with Gasteiger partial charge in [0.1, 0.15) is 0 Å². The maximum Gasteiger partial charge on any atom is 0.466 e. The predicted octanol–water partition coefficient (Wildman–Crippen LogP) is -1.30. The Kier molecular flexibility index (Phi) is 29.1. The normalized spacial score (nSPS) is 7.13. The minimum absolute atomic E-state index is 0. The Morgan fingerprint density at radius 3 is 0.867 bits per heavy atom. The van der Waals surface area contributed by atoms with Gasteiger partial charge in [0.05, 0.1) is 0 Å². The second-order valence-corrected chi connectivity index (χ2v) is 2.02. The minimum atomic E-state index is -4.64. The third-order valence-corrected chi connectivity index (χ3v) is 0. The minimum Gasteiger partial charge on any atom is -0.344 e. The number of hydrogen-bond acceptors (Lipinski definition) is 7. The van der Waals surface area contributed by atoms with Crippen molar-refractivity contribution in [1.29, 1.82) is 0 Å². The second kappa shape index (κ2) is 14.9. The van der Waals surface area contributed by atoms with E-state index in [0.29, 0.717) is 0 Å². The van der Waals surface area contributed by atoms with Crippen LogP contribution in [0.15, 0.2) is 0 Å². The highest BCUT2D eigenvalue weighted by Crippen LogP contribution is 2.25. The standard InChI is InChI=1S/2HNO3.2H3N.H3O4P/c2*2-1(3)4;;;1-5(2,3)4/h2*(H,2,3,4);2*1H3;(H3,1,2,3,4). The Hall–Kier alpha value is -1.57. The molecule has 15 heteroatoms. The summed E-state index contributed by atoms with van der Waals surface area (Å²) in [6, 6.07) is 0. The van der Waals surface area contributed by atoms with Crippen molar-refractivity contribution in [3.8, 4) is 0 Å². The van der Waals surface area contributed by atoms with E-state index in [4.69, 9.17) is 49.9 Å². The zero-order valence-corrected chi connectivity index (χ0v) is 7.93. The van der Waals surface area contributed by atoms with Crippen molar-refractivity contribution < 1.29 is 39.8 Å². The molecule has 15 heavy (non-hydrogen) atoms. The predicted molar refractivity (Wildman–Crippen MR) is 41.9 cm³/mol.